The van der Waals surface area contributed by atoms with Crippen molar-refractivity contribution in [3.05, 3.63) is 27.2 Å². The van der Waals surface area contributed by atoms with Gasteiger partial charge >= 0.3 is 0 Å². The third kappa shape index (κ3) is 2.61. The predicted octanol–water partition coefficient (Wildman–Crippen LogP) is 2.37. The molecular weight excluding hydrogens is 319 g/mol. The quantitative estimate of drug-likeness (QED) is 0.906. The molecule has 4 nitrogen and oxygen atoms in total. The van der Waals surface area contributed by atoms with Gasteiger partial charge in [-0.2, -0.15) is 4.31 Å². The number of hydrogen-bond donors (Lipinski definition) is 1. The van der Waals surface area contributed by atoms with Crippen LogP contribution in [0.4, 0.5) is 0 Å². The van der Waals surface area contributed by atoms with Crippen molar-refractivity contribution in [3.8, 4) is 0 Å². The zero-order valence-electron chi connectivity index (χ0n) is 9.24. The van der Waals surface area contributed by atoms with E-state index >= 15 is 0 Å². The average molecular weight is 330 g/mol. The second kappa shape index (κ2) is 5.15. The van der Waals surface area contributed by atoms with Gasteiger partial charge in [0.2, 0.25) is 10.0 Å². The summed E-state index contributed by atoms with van der Waals surface area (Å²) in [5.41, 5.74) is 5.71. The van der Waals surface area contributed by atoms with Crippen LogP contribution in [0, 0.1) is 0 Å². The molecule has 1 saturated heterocycles. The van der Waals surface area contributed by atoms with E-state index in [9.17, 15) is 8.42 Å². The lowest BCUT2D eigenvalue weighted by Gasteiger charge is -2.18. The highest BCUT2D eigenvalue weighted by molar-refractivity contribution is 7.89. The van der Waals surface area contributed by atoms with Gasteiger partial charge in [0, 0.05) is 24.2 Å². The van der Waals surface area contributed by atoms with Gasteiger partial charge in [-0.15, -0.1) is 0 Å². The van der Waals surface area contributed by atoms with E-state index in [1.807, 2.05) is 0 Å². The first-order chi connectivity index (χ1) is 8.32. The number of halogens is 3. The molecule has 1 atom stereocenters. The van der Waals surface area contributed by atoms with E-state index in [2.05, 4.69) is 0 Å². The third-order valence-corrected chi connectivity index (χ3v) is 5.75. The molecular formula is C10H11Cl3N2O2S. The van der Waals surface area contributed by atoms with Crippen molar-refractivity contribution in [2.75, 3.05) is 13.1 Å². The van der Waals surface area contributed by atoms with Crippen LogP contribution in [-0.2, 0) is 10.0 Å². The van der Waals surface area contributed by atoms with Gasteiger partial charge in [0.25, 0.3) is 0 Å². The summed E-state index contributed by atoms with van der Waals surface area (Å²) in [5, 5.41) is 0.336. The Balaban J connectivity index is 2.48. The first kappa shape index (κ1) is 14.4. The van der Waals surface area contributed by atoms with E-state index in [-0.39, 0.29) is 27.5 Å². The van der Waals surface area contributed by atoms with E-state index in [1.165, 1.54) is 16.4 Å². The Morgan fingerprint density at radius 2 is 1.78 bits per heavy atom. The number of nitrogens with two attached hydrogens (primary N) is 1. The fourth-order valence-electron chi connectivity index (χ4n) is 1.88. The lowest BCUT2D eigenvalue weighted by atomic mass is 10.3. The highest BCUT2D eigenvalue weighted by Crippen LogP contribution is 2.35. The van der Waals surface area contributed by atoms with Crippen LogP contribution >= 0.6 is 34.8 Å². The van der Waals surface area contributed by atoms with Crippen molar-refractivity contribution in [1.29, 1.82) is 0 Å². The molecule has 2 rings (SSSR count). The van der Waals surface area contributed by atoms with Gasteiger partial charge in [0.15, 0.2) is 0 Å². The predicted molar refractivity (Wildman–Crippen MR) is 72.8 cm³/mol. The monoisotopic (exact) mass is 328 g/mol. The van der Waals surface area contributed by atoms with Crippen LogP contribution in [-0.4, -0.2) is 31.9 Å². The van der Waals surface area contributed by atoms with E-state index in [0.717, 1.165) is 0 Å². The molecule has 0 radical (unpaired) electrons. The molecule has 0 spiro atoms. The largest absolute Gasteiger partial charge is 0.326 e. The fraction of sp³-hybridized carbons (Fsp3) is 0.400. The second-order valence-corrected chi connectivity index (χ2v) is 7.24. The zero-order valence-corrected chi connectivity index (χ0v) is 12.3. The molecule has 100 valence electrons. The lowest BCUT2D eigenvalue weighted by Crippen LogP contribution is -2.32. The highest BCUT2D eigenvalue weighted by atomic mass is 35.5. The molecule has 8 heteroatoms. The van der Waals surface area contributed by atoms with Crippen LogP contribution in [0.15, 0.2) is 17.0 Å². The van der Waals surface area contributed by atoms with Crippen LogP contribution in [0.25, 0.3) is 0 Å². The molecule has 0 aliphatic carbocycles. The number of hydrogen-bond acceptors (Lipinski definition) is 3. The van der Waals surface area contributed by atoms with Crippen molar-refractivity contribution in [2.24, 2.45) is 5.73 Å². The topological polar surface area (TPSA) is 63.4 Å². The molecule has 1 aromatic rings. The molecule has 1 fully saturated rings. The minimum Gasteiger partial charge on any atom is -0.326 e. The summed E-state index contributed by atoms with van der Waals surface area (Å²) in [6, 6.07) is 2.57. The molecule has 1 aromatic carbocycles. The minimum atomic E-state index is -3.72. The molecule has 18 heavy (non-hydrogen) atoms. The van der Waals surface area contributed by atoms with Crippen molar-refractivity contribution in [2.45, 2.75) is 17.4 Å². The molecule has 2 N–H and O–H groups in total. The van der Waals surface area contributed by atoms with Gasteiger partial charge in [0.05, 0.1) is 10.0 Å². The number of sulfonamides is 1. The first-order valence-electron chi connectivity index (χ1n) is 5.22. The second-order valence-electron chi connectivity index (χ2n) is 4.11. The molecule has 1 heterocycles. The highest BCUT2D eigenvalue weighted by Gasteiger charge is 2.34. The Morgan fingerprint density at radius 1 is 1.22 bits per heavy atom. The van der Waals surface area contributed by atoms with Gasteiger partial charge in [-0.1, -0.05) is 34.8 Å². The summed E-state index contributed by atoms with van der Waals surface area (Å²) in [6.07, 6.45) is 0.627. The Labute approximate surface area is 121 Å². The maximum absolute atomic E-state index is 12.4. The summed E-state index contributed by atoms with van der Waals surface area (Å²) in [5.74, 6) is 0. The molecule has 1 aliphatic rings. The maximum Gasteiger partial charge on any atom is 0.246 e. The Bertz CT molecular complexity index is 553. The maximum atomic E-state index is 12.4. The third-order valence-electron chi connectivity index (χ3n) is 2.75. The summed E-state index contributed by atoms with van der Waals surface area (Å²) in [7, 11) is -3.72. The molecule has 0 bridgehead atoms. The van der Waals surface area contributed by atoms with E-state index in [4.69, 9.17) is 40.5 Å². The Hall–Kier alpha value is -0.0400. The smallest absolute Gasteiger partial charge is 0.246 e. The molecule has 0 unspecified atom stereocenters. The number of rotatable bonds is 2. The average Bonchev–Trinajstić information content (AvgIpc) is 2.63. The van der Waals surface area contributed by atoms with Crippen molar-refractivity contribution in [3.63, 3.8) is 0 Å². The van der Waals surface area contributed by atoms with Crippen molar-refractivity contribution < 1.29 is 8.42 Å². The van der Waals surface area contributed by atoms with Crippen LogP contribution in [0.3, 0.4) is 0 Å². The summed E-state index contributed by atoms with van der Waals surface area (Å²) in [6.45, 7) is 0.649. The van der Waals surface area contributed by atoms with Gasteiger partial charge in [-0.05, 0) is 18.6 Å². The van der Waals surface area contributed by atoms with E-state index in [1.54, 1.807) is 0 Å². The summed E-state index contributed by atoms with van der Waals surface area (Å²) in [4.78, 5) is -0.107. The first-order valence-corrected chi connectivity index (χ1v) is 7.80. The fourth-order valence-corrected chi connectivity index (χ4v) is 4.88. The van der Waals surface area contributed by atoms with Crippen molar-refractivity contribution >= 4 is 44.8 Å². The summed E-state index contributed by atoms with van der Waals surface area (Å²) < 4.78 is 26.1. The molecule has 0 saturated carbocycles. The zero-order chi connectivity index (χ0) is 13.5. The minimum absolute atomic E-state index is 0.0213. The summed E-state index contributed by atoms with van der Waals surface area (Å²) >= 11 is 17.6. The Morgan fingerprint density at radius 3 is 2.22 bits per heavy atom. The van der Waals surface area contributed by atoms with Gasteiger partial charge in [0.1, 0.15) is 4.90 Å². The number of benzene rings is 1. The molecule has 0 amide bonds. The standard InChI is InChI=1S/C10H11Cl3N2O2S/c11-6-3-8(12)10(9(13)4-6)18(16,17)15-2-1-7(14)5-15/h3-4,7H,1-2,5,14H2/t7-/m1/s1. The van der Waals surface area contributed by atoms with E-state index in [0.29, 0.717) is 18.0 Å². The van der Waals surface area contributed by atoms with Gasteiger partial charge < -0.3 is 5.73 Å². The van der Waals surface area contributed by atoms with Crippen LogP contribution < -0.4 is 5.73 Å². The van der Waals surface area contributed by atoms with Crippen LogP contribution in [0.5, 0.6) is 0 Å². The van der Waals surface area contributed by atoms with Gasteiger partial charge in [-0.3, -0.25) is 0 Å². The molecule has 1 aliphatic heterocycles. The van der Waals surface area contributed by atoms with Gasteiger partial charge in [-0.25, -0.2) is 8.42 Å². The van der Waals surface area contributed by atoms with Crippen LogP contribution in [0.2, 0.25) is 15.1 Å². The Kier molecular flexibility index (Phi) is 4.11. The normalized spacial score (nSPS) is 21.4. The van der Waals surface area contributed by atoms with E-state index < -0.39 is 10.0 Å². The van der Waals surface area contributed by atoms with Crippen molar-refractivity contribution in [1.82, 2.24) is 4.31 Å². The number of nitrogens with zero attached hydrogens (tertiary/aromatic N) is 1. The SMILES string of the molecule is N[C@@H]1CCN(S(=O)(=O)c2c(Cl)cc(Cl)cc2Cl)C1. The lowest BCUT2D eigenvalue weighted by molar-refractivity contribution is 0.472. The molecule has 0 aromatic heterocycles. The van der Waals surface area contributed by atoms with Crippen LogP contribution in [0.1, 0.15) is 6.42 Å².